The lowest BCUT2D eigenvalue weighted by molar-refractivity contribution is 0.877. The Kier molecular flexibility index (Phi) is 7.33. The Bertz CT molecular complexity index is 1190. The van der Waals surface area contributed by atoms with Gasteiger partial charge in [-0.1, -0.05) is 113 Å². The van der Waals surface area contributed by atoms with Gasteiger partial charge >= 0.3 is 0 Å². The largest absolute Gasteiger partial charge is 0.379 e. The Morgan fingerprint density at radius 1 is 0.735 bits per heavy atom. The molecular weight excluding hydrogens is 410 g/mol. The van der Waals surface area contributed by atoms with Crippen LogP contribution in [0.4, 0.5) is 5.69 Å². The molecule has 0 heterocycles. The van der Waals surface area contributed by atoms with E-state index in [9.17, 15) is 0 Å². The zero-order chi connectivity index (χ0) is 24.1. The van der Waals surface area contributed by atoms with E-state index in [1.165, 1.54) is 55.8 Å². The summed E-state index contributed by atoms with van der Waals surface area (Å²) in [4.78, 5) is 0. The van der Waals surface area contributed by atoms with Crippen LogP contribution < -0.4 is 5.32 Å². The first-order chi connectivity index (χ1) is 16.4. The van der Waals surface area contributed by atoms with Crippen molar-refractivity contribution in [3.05, 3.63) is 142 Å². The maximum Gasteiger partial charge on any atom is 0.0482 e. The molecule has 1 nitrogen and oxygen atoms in total. The van der Waals surface area contributed by atoms with Crippen molar-refractivity contribution in [2.24, 2.45) is 0 Å². The number of anilines is 1. The zero-order valence-electron chi connectivity index (χ0n) is 21.0. The highest BCUT2D eigenvalue weighted by molar-refractivity contribution is 5.82. The molecule has 0 fully saturated rings. The second kappa shape index (κ2) is 10.6. The van der Waals surface area contributed by atoms with Crippen molar-refractivity contribution in [3.63, 3.8) is 0 Å². The lowest BCUT2D eigenvalue weighted by Gasteiger charge is -2.18. The van der Waals surface area contributed by atoms with Crippen LogP contribution in [-0.2, 0) is 0 Å². The fraction of sp³-hybridized carbons (Fsp3) is 0.212. The molecule has 0 saturated heterocycles. The molecule has 0 bridgehead atoms. The van der Waals surface area contributed by atoms with Crippen LogP contribution in [0.1, 0.15) is 45.4 Å². The molecule has 1 N–H and O–H groups in total. The maximum atomic E-state index is 3.60. The molecule has 172 valence electrons. The van der Waals surface area contributed by atoms with Gasteiger partial charge in [0.2, 0.25) is 0 Å². The first-order valence-electron chi connectivity index (χ1n) is 12.1. The van der Waals surface area contributed by atoms with Gasteiger partial charge in [-0.3, -0.25) is 0 Å². The Morgan fingerprint density at radius 2 is 1.29 bits per heavy atom. The van der Waals surface area contributed by atoms with Gasteiger partial charge in [-0.15, -0.1) is 0 Å². The van der Waals surface area contributed by atoms with E-state index >= 15 is 0 Å². The van der Waals surface area contributed by atoms with Gasteiger partial charge < -0.3 is 5.32 Å². The molecule has 1 aliphatic rings. The molecule has 3 aromatic rings. The molecular formula is C33H35N. The van der Waals surface area contributed by atoms with Crippen LogP contribution in [0.2, 0.25) is 0 Å². The number of benzene rings is 3. The fourth-order valence-corrected chi connectivity index (χ4v) is 4.61. The van der Waals surface area contributed by atoms with Crippen LogP contribution in [0.5, 0.6) is 0 Å². The van der Waals surface area contributed by atoms with Crippen LogP contribution in [0.15, 0.2) is 103 Å². The van der Waals surface area contributed by atoms with E-state index in [0.717, 1.165) is 6.42 Å². The van der Waals surface area contributed by atoms with Crippen LogP contribution in [0.3, 0.4) is 0 Å². The van der Waals surface area contributed by atoms with Crippen molar-refractivity contribution in [1.82, 2.24) is 0 Å². The van der Waals surface area contributed by atoms with Crippen molar-refractivity contribution < 1.29 is 0 Å². The van der Waals surface area contributed by atoms with Gasteiger partial charge in [-0.05, 0) is 75.4 Å². The first-order valence-corrected chi connectivity index (χ1v) is 12.1. The number of aryl methyl sites for hydroxylation is 5. The summed E-state index contributed by atoms with van der Waals surface area (Å²) in [6, 6.07) is 22.5. The third kappa shape index (κ3) is 6.26. The number of hydrogen-bond acceptors (Lipinski definition) is 1. The summed E-state index contributed by atoms with van der Waals surface area (Å²) in [6.45, 7) is 10.8. The number of hydrogen-bond donors (Lipinski definition) is 1. The van der Waals surface area contributed by atoms with Gasteiger partial charge in [-0.2, -0.15) is 0 Å². The summed E-state index contributed by atoms with van der Waals surface area (Å²) < 4.78 is 0. The highest BCUT2D eigenvalue weighted by Crippen LogP contribution is 2.27. The maximum absolute atomic E-state index is 3.60. The molecule has 0 amide bonds. The lowest BCUT2D eigenvalue weighted by Crippen LogP contribution is -2.17. The van der Waals surface area contributed by atoms with Gasteiger partial charge in [0.1, 0.15) is 0 Å². The van der Waals surface area contributed by atoms with Crippen LogP contribution in [-0.4, -0.2) is 6.04 Å². The van der Waals surface area contributed by atoms with Crippen LogP contribution >= 0.6 is 0 Å². The monoisotopic (exact) mass is 445 g/mol. The Hall–Kier alpha value is -3.58. The minimum Gasteiger partial charge on any atom is -0.379 e. The summed E-state index contributed by atoms with van der Waals surface area (Å²) in [5.74, 6) is 0. The van der Waals surface area contributed by atoms with Gasteiger partial charge in [0.05, 0.1) is 0 Å². The summed E-state index contributed by atoms with van der Waals surface area (Å²) >= 11 is 0. The molecule has 0 radical (unpaired) electrons. The predicted octanol–water partition coefficient (Wildman–Crippen LogP) is 8.58. The number of nitrogens with one attached hydrogen (secondary N) is 1. The second-order valence-electron chi connectivity index (χ2n) is 9.61. The second-order valence-corrected chi connectivity index (χ2v) is 9.61. The molecule has 0 saturated carbocycles. The molecule has 0 aliphatic heterocycles. The molecule has 0 aromatic heterocycles. The predicted molar refractivity (Wildman–Crippen MR) is 148 cm³/mol. The zero-order valence-corrected chi connectivity index (χ0v) is 21.0. The van der Waals surface area contributed by atoms with E-state index in [0.29, 0.717) is 6.04 Å². The minimum atomic E-state index is 0.330. The third-order valence-electron chi connectivity index (χ3n) is 6.15. The average molecular weight is 446 g/mol. The summed E-state index contributed by atoms with van der Waals surface area (Å²) in [5.41, 5.74) is 12.7. The standard InChI is InChI=1S/C33H35N/c1-23-9-13-31(14-10-23)34-32-15-11-28(12-16-32)7-6-8-33(29-19-24(2)17-25(3)20-29)30-21-26(4)18-27(5)22-30/h6-15,17-22,32,34H,16H2,1-5H3. The first kappa shape index (κ1) is 23.6. The van der Waals surface area contributed by atoms with E-state index < -0.39 is 0 Å². The molecule has 0 spiro atoms. The lowest BCUT2D eigenvalue weighted by atomic mass is 9.92. The van der Waals surface area contributed by atoms with E-state index in [4.69, 9.17) is 0 Å². The van der Waals surface area contributed by atoms with Crippen molar-refractivity contribution in [2.75, 3.05) is 5.32 Å². The van der Waals surface area contributed by atoms with Crippen molar-refractivity contribution >= 4 is 11.3 Å². The number of allylic oxidation sites excluding steroid dienone is 5. The van der Waals surface area contributed by atoms with Crippen molar-refractivity contribution in [2.45, 2.75) is 47.1 Å². The smallest absolute Gasteiger partial charge is 0.0482 e. The molecule has 1 heteroatoms. The van der Waals surface area contributed by atoms with Gasteiger partial charge in [0.25, 0.3) is 0 Å². The summed E-state index contributed by atoms with van der Waals surface area (Å²) in [7, 11) is 0. The van der Waals surface area contributed by atoms with E-state index in [1.807, 2.05) is 0 Å². The average Bonchev–Trinajstić information content (AvgIpc) is 2.78. The molecule has 1 unspecified atom stereocenters. The minimum absolute atomic E-state index is 0.330. The topological polar surface area (TPSA) is 12.0 Å². The number of rotatable bonds is 6. The van der Waals surface area contributed by atoms with E-state index in [1.54, 1.807) is 0 Å². The fourth-order valence-electron chi connectivity index (χ4n) is 4.61. The van der Waals surface area contributed by atoms with E-state index in [-0.39, 0.29) is 0 Å². The molecule has 4 rings (SSSR count). The van der Waals surface area contributed by atoms with Gasteiger partial charge in [-0.25, -0.2) is 0 Å². The highest BCUT2D eigenvalue weighted by atomic mass is 14.9. The Balaban J connectivity index is 1.54. The van der Waals surface area contributed by atoms with Crippen molar-refractivity contribution in [3.8, 4) is 0 Å². The van der Waals surface area contributed by atoms with Crippen LogP contribution in [0, 0.1) is 34.6 Å². The summed E-state index contributed by atoms with van der Waals surface area (Å²) in [5, 5.41) is 3.60. The SMILES string of the molecule is Cc1ccc(NC2C=CC(C=CC=C(c3cc(C)cc(C)c3)c3cc(C)cc(C)c3)=CC2)cc1. The van der Waals surface area contributed by atoms with Crippen LogP contribution in [0.25, 0.3) is 5.57 Å². The molecule has 1 atom stereocenters. The van der Waals surface area contributed by atoms with Gasteiger partial charge in [0, 0.05) is 11.7 Å². The third-order valence-corrected chi connectivity index (χ3v) is 6.15. The molecule has 3 aromatic carbocycles. The van der Waals surface area contributed by atoms with Crippen molar-refractivity contribution in [1.29, 1.82) is 0 Å². The normalized spacial score (nSPS) is 15.3. The quantitative estimate of drug-likeness (QED) is 0.375. The Morgan fingerprint density at radius 3 is 1.79 bits per heavy atom. The van der Waals surface area contributed by atoms with Gasteiger partial charge in [0.15, 0.2) is 0 Å². The highest BCUT2D eigenvalue weighted by Gasteiger charge is 2.09. The summed E-state index contributed by atoms with van der Waals surface area (Å²) in [6.07, 6.45) is 14.4. The van der Waals surface area contributed by atoms with E-state index in [2.05, 4.69) is 137 Å². The molecule has 1 aliphatic carbocycles. The Labute approximate surface area is 205 Å². The molecule has 34 heavy (non-hydrogen) atoms.